The molecule has 1 heterocycles. The van der Waals surface area contributed by atoms with Gasteiger partial charge in [0.25, 0.3) is 0 Å². The van der Waals surface area contributed by atoms with Gasteiger partial charge in [0.1, 0.15) is 0 Å². The van der Waals surface area contributed by atoms with Gasteiger partial charge in [-0.1, -0.05) is 13.8 Å². The standard InChI is InChI=1S/C10H16O/c1-9(2)6-4-7(9)10(3)8(5-6)11-10/h6-8H,4-5H2,1-3H3/t6-,7-,8-,10?/m0/s1. The first kappa shape index (κ1) is 6.47. The Morgan fingerprint density at radius 1 is 1.18 bits per heavy atom. The number of hydrogen-bond acceptors (Lipinski definition) is 1. The lowest BCUT2D eigenvalue weighted by atomic mass is 9.46. The molecular formula is C10H16O. The van der Waals surface area contributed by atoms with Crippen LogP contribution < -0.4 is 0 Å². The summed E-state index contributed by atoms with van der Waals surface area (Å²) in [5.74, 6) is 1.83. The van der Waals surface area contributed by atoms with Crippen molar-refractivity contribution >= 4 is 0 Å². The van der Waals surface area contributed by atoms with Crippen LogP contribution in [0, 0.1) is 17.3 Å². The van der Waals surface area contributed by atoms with Gasteiger partial charge >= 0.3 is 0 Å². The maximum absolute atomic E-state index is 5.75. The fourth-order valence-corrected chi connectivity index (χ4v) is 3.51. The van der Waals surface area contributed by atoms with E-state index in [0.717, 1.165) is 11.8 Å². The van der Waals surface area contributed by atoms with Gasteiger partial charge in [0.15, 0.2) is 0 Å². The summed E-state index contributed by atoms with van der Waals surface area (Å²) in [4.78, 5) is 0. The molecule has 62 valence electrons. The lowest BCUT2D eigenvalue weighted by molar-refractivity contribution is -0.0789. The smallest absolute Gasteiger partial charge is 0.0953 e. The Morgan fingerprint density at radius 2 is 1.91 bits per heavy atom. The SMILES string of the molecule is CC1(C)[C@@H]2C[C@@H]3OC3(C)[C@H]1C2. The van der Waals surface area contributed by atoms with Crippen molar-refractivity contribution in [1.29, 1.82) is 0 Å². The Labute approximate surface area is 68.1 Å². The van der Waals surface area contributed by atoms with E-state index in [9.17, 15) is 0 Å². The summed E-state index contributed by atoms with van der Waals surface area (Å²) in [6.45, 7) is 7.13. The number of rotatable bonds is 0. The third kappa shape index (κ3) is 0.516. The fraction of sp³-hybridized carbons (Fsp3) is 1.00. The van der Waals surface area contributed by atoms with E-state index in [0.29, 0.717) is 17.1 Å². The highest BCUT2D eigenvalue weighted by molar-refractivity contribution is 5.20. The minimum Gasteiger partial charge on any atom is -0.366 e. The van der Waals surface area contributed by atoms with Crippen molar-refractivity contribution in [2.45, 2.75) is 45.3 Å². The van der Waals surface area contributed by atoms with Crippen LogP contribution in [0.2, 0.25) is 0 Å². The summed E-state index contributed by atoms with van der Waals surface area (Å²) in [5, 5.41) is 0. The molecule has 4 fully saturated rings. The lowest BCUT2D eigenvalue weighted by Crippen LogP contribution is -2.56. The molecule has 4 rings (SSSR count). The lowest BCUT2D eigenvalue weighted by Gasteiger charge is -2.57. The minimum atomic E-state index is 0.304. The van der Waals surface area contributed by atoms with Gasteiger partial charge in [0, 0.05) is 0 Å². The van der Waals surface area contributed by atoms with E-state index in [4.69, 9.17) is 4.74 Å². The Kier molecular flexibility index (Phi) is 0.820. The van der Waals surface area contributed by atoms with Gasteiger partial charge in [0.05, 0.1) is 11.7 Å². The van der Waals surface area contributed by atoms with Gasteiger partial charge < -0.3 is 4.74 Å². The second-order valence-corrected chi connectivity index (χ2v) is 5.33. The zero-order chi connectivity index (χ0) is 7.85. The first-order valence-corrected chi connectivity index (χ1v) is 4.73. The third-order valence-electron chi connectivity index (χ3n) is 4.64. The molecule has 1 aliphatic heterocycles. The predicted molar refractivity (Wildman–Crippen MR) is 43.3 cm³/mol. The second kappa shape index (κ2) is 1.39. The molecule has 0 amide bonds. The average molecular weight is 152 g/mol. The van der Waals surface area contributed by atoms with Crippen molar-refractivity contribution in [3.8, 4) is 0 Å². The van der Waals surface area contributed by atoms with E-state index >= 15 is 0 Å². The number of hydrogen-bond donors (Lipinski definition) is 0. The van der Waals surface area contributed by atoms with Crippen LogP contribution in [0.4, 0.5) is 0 Å². The van der Waals surface area contributed by atoms with Crippen molar-refractivity contribution in [2.75, 3.05) is 0 Å². The van der Waals surface area contributed by atoms with Gasteiger partial charge in [-0.15, -0.1) is 0 Å². The van der Waals surface area contributed by atoms with Crippen LogP contribution in [-0.4, -0.2) is 11.7 Å². The van der Waals surface area contributed by atoms with E-state index in [1.54, 1.807) is 0 Å². The topological polar surface area (TPSA) is 12.5 Å². The number of epoxide rings is 1. The summed E-state index contributed by atoms with van der Waals surface area (Å²) in [6, 6.07) is 0. The summed E-state index contributed by atoms with van der Waals surface area (Å²) in [6.07, 6.45) is 3.40. The maximum atomic E-state index is 5.75. The molecule has 1 nitrogen and oxygen atoms in total. The molecule has 1 saturated heterocycles. The van der Waals surface area contributed by atoms with E-state index in [-0.39, 0.29) is 0 Å². The van der Waals surface area contributed by atoms with E-state index < -0.39 is 0 Å². The molecular weight excluding hydrogens is 136 g/mol. The summed E-state index contributed by atoms with van der Waals surface area (Å²) in [5.41, 5.74) is 0.889. The van der Waals surface area contributed by atoms with Crippen molar-refractivity contribution < 1.29 is 4.74 Å². The van der Waals surface area contributed by atoms with Crippen molar-refractivity contribution in [2.24, 2.45) is 17.3 Å². The second-order valence-electron chi connectivity index (χ2n) is 5.33. The zero-order valence-corrected chi connectivity index (χ0v) is 7.55. The van der Waals surface area contributed by atoms with Crippen molar-refractivity contribution in [3.05, 3.63) is 0 Å². The third-order valence-corrected chi connectivity index (χ3v) is 4.64. The molecule has 4 aliphatic rings. The maximum Gasteiger partial charge on any atom is 0.0953 e. The van der Waals surface area contributed by atoms with Crippen LogP contribution >= 0.6 is 0 Å². The molecule has 1 heteroatoms. The van der Waals surface area contributed by atoms with Crippen LogP contribution in [0.5, 0.6) is 0 Å². The van der Waals surface area contributed by atoms with E-state index in [2.05, 4.69) is 20.8 Å². The molecule has 0 radical (unpaired) electrons. The molecule has 0 aromatic heterocycles. The van der Waals surface area contributed by atoms with Crippen LogP contribution in [0.25, 0.3) is 0 Å². The highest BCUT2D eigenvalue weighted by Gasteiger charge is 2.72. The quantitative estimate of drug-likeness (QED) is 0.485. The van der Waals surface area contributed by atoms with E-state index in [1.807, 2.05) is 0 Å². The monoisotopic (exact) mass is 152 g/mol. The largest absolute Gasteiger partial charge is 0.366 e. The van der Waals surface area contributed by atoms with Gasteiger partial charge in [-0.25, -0.2) is 0 Å². The molecule has 11 heavy (non-hydrogen) atoms. The normalized spacial score (nSPS) is 63.0. The van der Waals surface area contributed by atoms with Gasteiger partial charge in [0.2, 0.25) is 0 Å². The van der Waals surface area contributed by atoms with Gasteiger partial charge in [-0.2, -0.15) is 0 Å². The highest BCUT2D eigenvalue weighted by Crippen LogP contribution is 2.70. The highest BCUT2D eigenvalue weighted by atomic mass is 16.6. The fourth-order valence-electron chi connectivity index (χ4n) is 3.51. The Bertz CT molecular complexity index is 216. The molecule has 0 aromatic carbocycles. The minimum absolute atomic E-state index is 0.304. The Hall–Kier alpha value is -0.0400. The predicted octanol–water partition coefficient (Wildman–Crippen LogP) is 2.21. The molecule has 4 atom stereocenters. The zero-order valence-electron chi connectivity index (χ0n) is 7.55. The van der Waals surface area contributed by atoms with Gasteiger partial charge in [-0.05, 0) is 37.0 Å². The molecule has 0 spiro atoms. The molecule has 3 aliphatic carbocycles. The van der Waals surface area contributed by atoms with Crippen LogP contribution in [0.3, 0.4) is 0 Å². The van der Waals surface area contributed by atoms with E-state index in [1.165, 1.54) is 12.8 Å². The molecule has 2 bridgehead atoms. The summed E-state index contributed by atoms with van der Waals surface area (Å²) in [7, 11) is 0. The van der Waals surface area contributed by atoms with Crippen molar-refractivity contribution in [3.63, 3.8) is 0 Å². The van der Waals surface area contributed by atoms with Crippen molar-refractivity contribution in [1.82, 2.24) is 0 Å². The summed E-state index contributed by atoms with van der Waals surface area (Å²) < 4.78 is 5.75. The Morgan fingerprint density at radius 3 is 2.36 bits per heavy atom. The number of ether oxygens (including phenoxy) is 1. The first-order valence-electron chi connectivity index (χ1n) is 4.73. The van der Waals surface area contributed by atoms with Crippen LogP contribution in [0.1, 0.15) is 33.6 Å². The summed E-state index contributed by atoms with van der Waals surface area (Å²) >= 11 is 0. The average Bonchev–Trinajstić information content (AvgIpc) is 2.58. The molecule has 0 aromatic rings. The first-order chi connectivity index (χ1) is 5.05. The molecule has 0 N–H and O–H groups in total. The molecule has 3 saturated carbocycles. The molecule has 1 unspecified atom stereocenters. The van der Waals surface area contributed by atoms with Gasteiger partial charge in [-0.3, -0.25) is 0 Å². The van der Waals surface area contributed by atoms with Crippen LogP contribution in [-0.2, 0) is 4.74 Å². The van der Waals surface area contributed by atoms with Crippen LogP contribution in [0.15, 0.2) is 0 Å². The Balaban J connectivity index is 1.98.